The Bertz CT molecular complexity index is 861. The van der Waals surface area contributed by atoms with Crippen molar-refractivity contribution in [2.75, 3.05) is 0 Å². The third kappa shape index (κ3) is 3.71. The number of nitrogens with two attached hydrogens (primary N) is 1. The number of aryl methyl sites for hydroxylation is 2. The summed E-state index contributed by atoms with van der Waals surface area (Å²) in [5, 5.41) is 29.9. The molecule has 3 unspecified atom stereocenters. The lowest BCUT2D eigenvalue weighted by Crippen LogP contribution is -2.42. The predicted molar refractivity (Wildman–Crippen MR) is 92.3 cm³/mol. The predicted octanol–water partition coefficient (Wildman–Crippen LogP) is -0.395. The average molecular weight is 349 g/mol. The minimum atomic E-state index is -1.43. The summed E-state index contributed by atoms with van der Waals surface area (Å²) in [5.74, 6) is -0.970. The summed E-state index contributed by atoms with van der Waals surface area (Å²) < 4.78 is 1.16. The lowest BCUT2D eigenvalue weighted by Gasteiger charge is -2.23. The molecule has 0 saturated heterocycles. The summed E-state index contributed by atoms with van der Waals surface area (Å²) in [5.41, 5.74) is 6.67. The molecule has 0 aliphatic rings. The molecular weight excluding hydrogens is 326 g/mol. The zero-order chi connectivity index (χ0) is 18.9. The summed E-state index contributed by atoms with van der Waals surface area (Å²) >= 11 is 0. The van der Waals surface area contributed by atoms with Crippen molar-refractivity contribution in [3.05, 3.63) is 39.3 Å². The van der Waals surface area contributed by atoms with E-state index >= 15 is 0 Å². The Balaban J connectivity index is 2.64. The molecule has 0 fully saturated rings. The molecule has 1 amide bonds. The number of carbonyl (C=O) groups excluding carboxylic acids is 1. The fourth-order valence-electron chi connectivity index (χ4n) is 2.63. The van der Waals surface area contributed by atoms with Gasteiger partial charge in [0.05, 0.1) is 23.7 Å². The first-order valence-electron chi connectivity index (χ1n) is 8.03. The van der Waals surface area contributed by atoms with Gasteiger partial charge in [-0.05, 0) is 43.5 Å². The molecule has 0 bridgehead atoms. The molecule has 0 aliphatic heterocycles. The summed E-state index contributed by atoms with van der Waals surface area (Å²) in [4.78, 5) is 28.1. The molecule has 3 atom stereocenters. The van der Waals surface area contributed by atoms with E-state index in [0.717, 1.165) is 15.7 Å². The second-order valence-electron chi connectivity index (χ2n) is 6.20. The molecule has 0 aliphatic carbocycles. The molecule has 0 spiro atoms. The first kappa shape index (κ1) is 19.0. The van der Waals surface area contributed by atoms with Crippen LogP contribution < -0.4 is 11.3 Å². The van der Waals surface area contributed by atoms with E-state index in [1.165, 1.54) is 0 Å². The molecule has 0 radical (unpaired) electrons. The Morgan fingerprint density at radius 3 is 2.36 bits per heavy atom. The van der Waals surface area contributed by atoms with Crippen molar-refractivity contribution in [1.29, 1.82) is 0 Å². The number of fused-ring (bicyclic) bond motifs is 1. The highest BCUT2D eigenvalue weighted by Crippen LogP contribution is 2.18. The molecule has 25 heavy (non-hydrogen) atoms. The van der Waals surface area contributed by atoms with Crippen LogP contribution in [0.2, 0.25) is 0 Å². The van der Waals surface area contributed by atoms with E-state index in [0.29, 0.717) is 11.0 Å². The third-order valence-corrected chi connectivity index (χ3v) is 4.37. The fraction of sp³-hybridized carbons (Fsp3) is 0.471. The van der Waals surface area contributed by atoms with Crippen molar-refractivity contribution in [1.82, 2.24) is 9.55 Å². The summed E-state index contributed by atoms with van der Waals surface area (Å²) in [6.45, 7) is 5.08. The lowest BCUT2D eigenvalue weighted by atomic mass is 10.1. The van der Waals surface area contributed by atoms with Crippen LogP contribution in [-0.2, 0) is 6.54 Å². The van der Waals surface area contributed by atoms with Gasteiger partial charge in [-0.1, -0.05) is 6.92 Å². The van der Waals surface area contributed by atoms with E-state index in [9.17, 15) is 24.9 Å². The Kier molecular flexibility index (Phi) is 5.56. The number of aliphatic hydroxyl groups excluding tert-OH is 3. The molecular formula is C17H23N3O5. The first-order chi connectivity index (χ1) is 11.7. The third-order valence-electron chi connectivity index (χ3n) is 4.37. The standard InChI is InChI=1S/C17H23N3O5/c1-4-12(21)15(23)13(22)7-20-11-6-9(3)8(2)5-10(11)19-14(16(18)24)17(20)25/h5-6,12-13,15,21-23H,4,7H2,1-3H3,(H2,18,24). The second kappa shape index (κ2) is 7.30. The topological polar surface area (TPSA) is 139 Å². The Morgan fingerprint density at radius 1 is 1.20 bits per heavy atom. The van der Waals surface area contributed by atoms with Crippen molar-refractivity contribution in [2.24, 2.45) is 5.73 Å². The van der Waals surface area contributed by atoms with E-state index in [1.54, 1.807) is 19.1 Å². The number of hydrogen-bond acceptors (Lipinski definition) is 6. The number of rotatable bonds is 6. The fourth-order valence-corrected chi connectivity index (χ4v) is 2.63. The highest BCUT2D eigenvalue weighted by Gasteiger charge is 2.26. The summed E-state index contributed by atoms with van der Waals surface area (Å²) in [7, 11) is 0. The van der Waals surface area contributed by atoms with Crippen molar-refractivity contribution >= 4 is 16.9 Å². The van der Waals surface area contributed by atoms with E-state index in [2.05, 4.69) is 4.98 Å². The van der Waals surface area contributed by atoms with Gasteiger partial charge in [-0.25, -0.2) is 4.98 Å². The van der Waals surface area contributed by atoms with Gasteiger partial charge < -0.3 is 25.6 Å². The van der Waals surface area contributed by atoms with Gasteiger partial charge in [-0.15, -0.1) is 0 Å². The van der Waals surface area contributed by atoms with Gasteiger partial charge in [-0.2, -0.15) is 0 Å². The Morgan fingerprint density at radius 2 is 1.80 bits per heavy atom. The highest BCUT2D eigenvalue weighted by atomic mass is 16.4. The largest absolute Gasteiger partial charge is 0.390 e. The smallest absolute Gasteiger partial charge is 0.282 e. The first-order valence-corrected chi connectivity index (χ1v) is 8.03. The molecule has 8 nitrogen and oxygen atoms in total. The molecule has 1 heterocycles. The molecule has 2 aromatic rings. The van der Waals surface area contributed by atoms with Crippen LogP contribution in [0.15, 0.2) is 16.9 Å². The van der Waals surface area contributed by atoms with Crippen molar-refractivity contribution in [2.45, 2.75) is 52.0 Å². The van der Waals surface area contributed by atoms with Gasteiger partial charge in [0.1, 0.15) is 12.2 Å². The van der Waals surface area contributed by atoms with Crippen LogP contribution in [0.3, 0.4) is 0 Å². The monoisotopic (exact) mass is 349 g/mol. The molecule has 8 heteroatoms. The van der Waals surface area contributed by atoms with Crippen molar-refractivity contribution in [3.63, 3.8) is 0 Å². The lowest BCUT2D eigenvalue weighted by molar-refractivity contribution is -0.0651. The summed E-state index contributed by atoms with van der Waals surface area (Å²) in [6, 6.07) is 3.44. The summed E-state index contributed by atoms with van der Waals surface area (Å²) in [6.07, 6.45) is -3.71. The molecule has 2 rings (SSSR count). The van der Waals surface area contributed by atoms with Gasteiger partial charge in [0, 0.05) is 0 Å². The van der Waals surface area contributed by atoms with E-state index in [-0.39, 0.29) is 13.0 Å². The zero-order valence-corrected chi connectivity index (χ0v) is 14.4. The second-order valence-corrected chi connectivity index (χ2v) is 6.20. The number of aliphatic hydroxyl groups is 3. The molecule has 1 aromatic carbocycles. The molecule has 1 aromatic heterocycles. The van der Waals surface area contributed by atoms with Crippen molar-refractivity contribution in [3.8, 4) is 0 Å². The van der Waals surface area contributed by atoms with Gasteiger partial charge in [0.15, 0.2) is 5.69 Å². The number of primary amides is 1. The van der Waals surface area contributed by atoms with Crippen LogP contribution >= 0.6 is 0 Å². The van der Waals surface area contributed by atoms with E-state index < -0.39 is 35.5 Å². The van der Waals surface area contributed by atoms with E-state index in [1.807, 2.05) is 13.8 Å². The number of amides is 1. The van der Waals surface area contributed by atoms with Gasteiger partial charge in [0.2, 0.25) is 0 Å². The van der Waals surface area contributed by atoms with E-state index in [4.69, 9.17) is 5.73 Å². The number of aromatic nitrogens is 2. The average Bonchev–Trinajstić information content (AvgIpc) is 2.57. The maximum atomic E-state index is 12.6. The highest BCUT2D eigenvalue weighted by molar-refractivity contribution is 5.92. The zero-order valence-electron chi connectivity index (χ0n) is 14.4. The molecule has 5 N–H and O–H groups in total. The molecule has 136 valence electrons. The number of carbonyl (C=O) groups is 1. The van der Waals surface area contributed by atoms with Crippen LogP contribution in [-0.4, -0.2) is 49.1 Å². The van der Waals surface area contributed by atoms with Crippen LogP contribution in [0.25, 0.3) is 11.0 Å². The minimum Gasteiger partial charge on any atom is -0.390 e. The maximum Gasteiger partial charge on any atom is 0.282 e. The SMILES string of the molecule is CCC(O)C(O)C(O)Cn1c(=O)c(C(N)=O)nc2cc(C)c(C)cc21. The number of benzene rings is 1. The Labute approximate surface area is 144 Å². The van der Waals surface area contributed by atoms with Gasteiger partial charge in [0.25, 0.3) is 11.5 Å². The number of hydrogen-bond donors (Lipinski definition) is 4. The quantitative estimate of drug-likeness (QED) is 0.560. The maximum absolute atomic E-state index is 12.6. The molecule has 0 saturated carbocycles. The Hall–Kier alpha value is -2.29. The van der Waals surface area contributed by atoms with Crippen LogP contribution in [0.1, 0.15) is 35.0 Å². The minimum absolute atomic E-state index is 0.245. The van der Waals surface area contributed by atoms with Crippen molar-refractivity contribution < 1.29 is 20.1 Å². The van der Waals surface area contributed by atoms with Crippen LogP contribution in [0.4, 0.5) is 0 Å². The van der Waals surface area contributed by atoms with Crippen LogP contribution in [0, 0.1) is 13.8 Å². The normalized spacial score (nSPS) is 15.1. The van der Waals surface area contributed by atoms with Crippen LogP contribution in [0.5, 0.6) is 0 Å². The van der Waals surface area contributed by atoms with Gasteiger partial charge >= 0.3 is 0 Å². The number of nitrogens with zero attached hydrogens (tertiary/aromatic N) is 2. The van der Waals surface area contributed by atoms with Gasteiger partial charge in [-0.3, -0.25) is 9.59 Å².